The summed E-state index contributed by atoms with van der Waals surface area (Å²) in [7, 11) is 0. The van der Waals surface area contributed by atoms with Crippen molar-refractivity contribution in [3.63, 3.8) is 0 Å². The highest BCUT2D eigenvalue weighted by Crippen LogP contribution is 2.30. The summed E-state index contributed by atoms with van der Waals surface area (Å²) in [5.41, 5.74) is 1.84. The van der Waals surface area contributed by atoms with Gasteiger partial charge in [-0.2, -0.15) is 0 Å². The summed E-state index contributed by atoms with van der Waals surface area (Å²) in [5.74, 6) is 0. The van der Waals surface area contributed by atoms with Crippen LogP contribution in [-0.4, -0.2) is 4.98 Å². The van der Waals surface area contributed by atoms with Gasteiger partial charge in [0.15, 0.2) is 0 Å². The maximum Gasteiger partial charge on any atom is 0.0901 e. The first kappa shape index (κ1) is 13.0. The van der Waals surface area contributed by atoms with Gasteiger partial charge in [-0.05, 0) is 25.1 Å². The van der Waals surface area contributed by atoms with Gasteiger partial charge in [0.1, 0.15) is 0 Å². The molecule has 1 heterocycles. The average molecular weight is 325 g/mol. The van der Waals surface area contributed by atoms with E-state index in [2.05, 4.69) is 4.98 Å². The number of hydrogen-bond acceptors (Lipinski definition) is 2. The molecule has 1 aromatic carbocycles. The maximum absolute atomic E-state index is 6.05. The Morgan fingerprint density at radius 1 is 1.27 bits per heavy atom. The van der Waals surface area contributed by atoms with Crippen molar-refractivity contribution in [3.05, 3.63) is 38.6 Å². The van der Waals surface area contributed by atoms with E-state index in [9.17, 15) is 0 Å². The molecular weight excluding hydrogens is 317 g/mol. The van der Waals surface area contributed by atoms with Crippen LogP contribution in [0.5, 0.6) is 0 Å². The summed E-state index contributed by atoms with van der Waals surface area (Å²) in [6.45, 7) is 1.97. The second-order valence-corrected chi connectivity index (χ2v) is 4.78. The molecule has 80 valence electrons. The smallest absolute Gasteiger partial charge is 0.0901 e. The van der Waals surface area contributed by atoms with Gasteiger partial charge in [0.25, 0.3) is 0 Å². The molecule has 0 saturated carbocycles. The molecule has 0 aliphatic heterocycles. The fourth-order valence-corrected chi connectivity index (χ4v) is 2.30. The lowest BCUT2D eigenvalue weighted by atomic mass is 10.2. The van der Waals surface area contributed by atoms with Crippen LogP contribution in [0, 0.1) is 6.92 Å². The van der Waals surface area contributed by atoms with E-state index in [-0.39, 0.29) is 17.0 Å². The second kappa shape index (κ2) is 5.30. The van der Waals surface area contributed by atoms with E-state index in [0.717, 1.165) is 16.3 Å². The zero-order chi connectivity index (χ0) is 10.1. The first-order chi connectivity index (χ1) is 6.66. The summed E-state index contributed by atoms with van der Waals surface area (Å²) >= 11 is 13.5. The Labute approximate surface area is 113 Å². The molecule has 2 rings (SSSR count). The zero-order valence-corrected chi connectivity index (χ0v) is 11.9. The molecule has 0 fully saturated rings. The van der Waals surface area contributed by atoms with E-state index < -0.39 is 0 Å². The molecule has 0 spiro atoms. The molecule has 0 aliphatic carbocycles. The van der Waals surface area contributed by atoms with Crippen LogP contribution in [0.1, 0.15) is 5.01 Å². The molecule has 2 aromatic rings. The van der Waals surface area contributed by atoms with Crippen LogP contribution in [0.3, 0.4) is 0 Å². The number of hydrogen-bond donors (Lipinski definition) is 0. The van der Waals surface area contributed by atoms with E-state index in [1.54, 1.807) is 17.4 Å². The fourth-order valence-electron chi connectivity index (χ4n) is 1.18. The van der Waals surface area contributed by atoms with Gasteiger partial charge >= 0.3 is 0 Å². The van der Waals surface area contributed by atoms with Crippen molar-refractivity contribution in [2.45, 2.75) is 6.92 Å². The highest BCUT2D eigenvalue weighted by Gasteiger charge is 2.06. The Bertz CT molecular complexity index is 470. The van der Waals surface area contributed by atoms with E-state index >= 15 is 0 Å². The Hall–Kier alpha value is -0.0900. The summed E-state index contributed by atoms with van der Waals surface area (Å²) in [6, 6.07) is 5.43. The summed E-state index contributed by atoms with van der Waals surface area (Å²) in [5, 5.41) is 4.31. The van der Waals surface area contributed by atoms with Gasteiger partial charge in [-0.25, -0.2) is 4.98 Å². The minimum absolute atomic E-state index is 0. The SMILES string of the molecule is Br.Cc1nc(-c2ccc(Cl)cc2Cl)cs1. The number of aromatic nitrogens is 1. The van der Waals surface area contributed by atoms with Gasteiger partial charge in [-0.1, -0.05) is 23.2 Å². The molecule has 1 nitrogen and oxygen atoms in total. The Morgan fingerprint density at radius 3 is 2.53 bits per heavy atom. The minimum atomic E-state index is 0. The van der Waals surface area contributed by atoms with Gasteiger partial charge in [0.05, 0.1) is 15.7 Å². The lowest BCUT2D eigenvalue weighted by molar-refractivity contribution is 1.30. The number of rotatable bonds is 1. The van der Waals surface area contributed by atoms with Gasteiger partial charge < -0.3 is 0 Å². The lowest BCUT2D eigenvalue weighted by Gasteiger charge is -2.00. The molecule has 0 bridgehead atoms. The van der Waals surface area contributed by atoms with Crippen LogP contribution in [-0.2, 0) is 0 Å². The average Bonchev–Trinajstić information content (AvgIpc) is 2.51. The van der Waals surface area contributed by atoms with Crippen molar-refractivity contribution in [3.8, 4) is 11.3 Å². The van der Waals surface area contributed by atoms with Gasteiger partial charge in [0, 0.05) is 16.0 Å². The van der Waals surface area contributed by atoms with Crippen molar-refractivity contribution in [1.29, 1.82) is 0 Å². The van der Waals surface area contributed by atoms with Crippen molar-refractivity contribution < 1.29 is 0 Å². The number of halogens is 3. The topological polar surface area (TPSA) is 12.9 Å². The molecule has 0 aliphatic rings. The molecule has 1 aromatic heterocycles. The summed E-state index contributed by atoms with van der Waals surface area (Å²) in [6.07, 6.45) is 0. The Balaban J connectivity index is 0.00000112. The lowest BCUT2D eigenvalue weighted by Crippen LogP contribution is -1.79. The molecule has 0 N–H and O–H groups in total. The first-order valence-corrected chi connectivity index (χ1v) is 5.68. The molecule has 0 unspecified atom stereocenters. The van der Waals surface area contributed by atoms with Crippen molar-refractivity contribution in [2.24, 2.45) is 0 Å². The highest BCUT2D eigenvalue weighted by molar-refractivity contribution is 8.93. The molecular formula is C10H8BrCl2NS. The largest absolute Gasteiger partial charge is 0.241 e. The first-order valence-electron chi connectivity index (χ1n) is 4.04. The summed E-state index contributed by atoms with van der Waals surface area (Å²) in [4.78, 5) is 4.36. The molecule has 0 saturated heterocycles. The predicted molar refractivity (Wildman–Crippen MR) is 72.6 cm³/mol. The van der Waals surface area contributed by atoms with Crippen LogP contribution in [0.15, 0.2) is 23.6 Å². The second-order valence-electron chi connectivity index (χ2n) is 2.88. The van der Waals surface area contributed by atoms with E-state index in [4.69, 9.17) is 23.2 Å². The van der Waals surface area contributed by atoms with Gasteiger partial charge in [-0.3, -0.25) is 0 Å². The van der Waals surface area contributed by atoms with Crippen LogP contribution in [0.4, 0.5) is 0 Å². The third kappa shape index (κ3) is 2.94. The number of nitrogens with zero attached hydrogens (tertiary/aromatic N) is 1. The van der Waals surface area contributed by atoms with Crippen LogP contribution < -0.4 is 0 Å². The number of aryl methyl sites for hydroxylation is 1. The molecule has 0 amide bonds. The molecule has 5 heteroatoms. The quantitative estimate of drug-likeness (QED) is 0.719. The Morgan fingerprint density at radius 2 is 2.00 bits per heavy atom. The summed E-state index contributed by atoms with van der Waals surface area (Å²) < 4.78 is 0. The van der Waals surface area contributed by atoms with Crippen LogP contribution in [0.25, 0.3) is 11.3 Å². The van der Waals surface area contributed by atoms with Gasteiger partial charge in [0.2, 0.25) is 0 Å². The predicted octanol–water partition coefficient (Wildman–Crippen LogP) is 5.00. The monoisotopic (exact) mass is 323 g/mol. The number of thiazole rings is 1. The standard InChI is InChI=1S/C10H7Cl2NS.BrH/c1-6-13-10(5-14-6)8-3-2-7(11)4-9(8)12;/h2-5H,1H3;1H. The Kier molecular flexibility index (Phi) is 4.59. The van der Waals surface area contributed by atoms with E-state index in [1.807, 2.05) is 24.4 Å². The van der Waals surface area contributed by atoms with E-state index in [1.165, 1.54) is 0 Å². The zero-order valence-electron chi connectivity index (χ0n) is 7.83. The van der Waals surface area contributed by atoms with Gasteiger partial charge in [-0.15, -0.1) is 28.3 Å². The number of benzene rings is 1. The minimum Gasteiger partial charge on any atom is -0.241 e. The van der Waals surface area contributed by atoms with Crippen molar-refractivity contribution in [2.75, 3.05) is 0 Å². The molecule has 15 heavy (non-hydrogen) atoms. The highest BCUT2D eigenvalue weighted by atomic mass is 79.9. The third-order valence-electron chi connectivity index (χ3n) is 1.83. The van der Waals surface area contributed by atoms with Crippen LogP contribution in [0.2, 0.25) is 10.0 Å². The third-order valence-corrected chi connectivity index (χ3v) is 3.15. The molecule has 0 atom stereocenters. The normalized spacial score (nSPS) is 9.80. The van der Waals surface area contributed by atoms with E-state index in [0.29, 0.717) is 10.0 Å². The molecule has 0 radical (unpaired) electrons. The van der Waals surface area contributed by atoms with Crippen LogP contribution >= 0.6 is 51.5 Å². The van der Waals surface area contributed by atoms with Crippen molar-refractivity contribution in [1.82, 2.24) is 4.98 Å². The maximum atomic E-state index is 6.05. The van der Waals surface area contributed by atoms with Crippen molar-refractivity contribution >= 4 is 51.5 Å². The fraction of sp³-hybridized carbons (Fsp3) is 0.100.